The number of rotatable bonds is 8. The van der Waals surface area contributed by atoms with Gasteiger partial charge in [-0.3, -0.25) is 14.9 Å². The maximum absolute atomic E-state index is 12.5. The monoisotopic (exact) mass is 557 g/mol. The Balaban J connectivity index is 0.00000363. The minimum absolute atomic E-state index is 0. The van der Waals surface area contributed by atoms with Gasteiger partial charge in [0.2, 0.25) is 0 Å². The van der Waals surface area contributed by atoms with E-state index in [-0.39, 0.29) is 35.6 Å². The second-order valence-corrected chi connectivity index (χ2v) is 7.09. The fourth-order valence-electron chi connectivity index (χ4n) is 3.25. The normalized spacial score (nSPS) is 14.1. The van der Waals surface area contributed by atoms with Gasteiger partial charge in [-0.15, -0.1) is 24.0 Å². The zero-order chi connectivity index (χ0) is 22.1. The number of carbonyl (C=O) groups is 1. The molecule has 1 N–H and O–H groups in total. The number of methoxy groups -OCH3 is 1. The third kappa shape index (κ3) is 7.19. The van der Waals surface area contributed by atoms with E-state index < -0.39 is 4.92 Å². The van der Waals surface area contributed by atoms with Crippen LogP contribution in [0.3, 0.4) is 0 Å². The topological polar surface area (TPSA) is 113 Å². The van der Waals surface area contributed by atoms with Gasteiger partial charge in [0.1, 0.15) is 0 Å². The van der Waals surface area contributed by atoms with Crippen molar-refractivity contribution in [3.8, 4) is 0 Å². The van der Waals surface area contributed by atoms with Gasteiger partial charge in [0, 0.05) is 58.6 Å². The van der Waals surface area contributed by atoms with Crippen molar-refractivity contribution in [2.24, 2.45) is 4.99 Å². The number of nitrogens with zero attached hydrogens (tertiary/aromatic N) is 4. The van der Waals surface area contributed by atoms with Gasteiger partial charge >= 0.3 is 0 Å². The molecule has 10 nitrogen and oxygen atoms in total. The highest BCUT2D eigenvalue weighted by Gasteiger charge is 2.25. The van der Waals surface area contributed by atoms with Crippen LogP contribution in [0.4, 0.5) is 5.69 Å². The molecular weight excluding hydrogens is 529 g/mol. The van der Waals surface area contributed by atoms with Gasteiger partial charge in [-0.25, -0.2) is 4.99 Å². The first-order valence-electron chi connectivity index (χ1n) is 10.2. The molecule has 32 heavy (non-hydrogen) atoms. The van der Waals surface area contributed by atoms with Crippen LogP contribution < -0.4 is 5.32 Å². The number of guanidine groups is 1. The van der Waals surface area contributed by atoms with Crippen molar-refractivity contribution in [2.75, 3.05) is 46.4 Å². The molecule has 1 saturated heterocycles. The summed E-state index contributed by atoms with van der Waals surface area (Å²) >= 11 is 0. The number of aliphatic imine (C=N–C) groups is 1. The number of amides is 1. The van der Waals surface area contributed by atoms with Gasteiger partial charge in [-0.2, -0.15) is 0 Å². The van der Waals surface area contributed by atoms with E-state index in [0.29, 0.717) is 51.6 Å². The lowest BCUT2D eigenvalue weighted by Gasteiger charge is -2.36. The lowest BCUT2D eigenvalue weighted by molar-refractivity contribution is -0.384. The molecule has 0 unspecified atom stereocenters. The summed E-state index contributed by atoms with van der Waals surface area (Å²) in [4.78, 5) is 31.5. The van der Waals surface area contributed by atoms with E-state index in [2.05, 4.69) is 10.2 Å². The lowest BCUT2D eigenvalue weighted by Crippen LogP contribution is -2.54. The minimum atomic E-state index is -0.417. The van der Waals surface area contributed by atoms with Gasteiger partial charge in [0.15, 0.2) is 11.7 Å². The van der Waals surface area contributed by atoms with Crippen LogP contribution in [0.15, 0.2) is 52.1 Å². The van der Waals surface area contributed by atoms with Crippen LogP contribution in [0.25, 0.3) is 0 Å². The van der Waals surface area contributed by atoms with E-state index in [9.17, 15) is 14.9 Å². The van der Waals surface area contributed by atoms with E-state index in [1.54, 1.807) is 36.3 Å². The van der Waals surface area contributed by atoms with Crippen LogP contribution in [-0.2, 0) is 11.3 Å². The molecule has 0 aliphatic carbocycles. The first-order valence-corrected chi connectivity index (χ1v) is 10.2. The third-order valence-corrected chi connectivity index (χ3v) is 4.97. The fraction of sp³-hybridized carbons (Fsp3) is 0.429. The predicted molar refractivity (Wildman–Crippen MR) is 130 cm³/mol. The summed E-state index contributed by atoms with van der Waals surface area (Å²) in [5, 5.41) is 14.2. The SMILES string of the molecule is COCCCNC(=NCc1ccc([N+](=O)[O-])cc1)N1CCN(C(=O)c2ccco2)CC1.I. The highest BCUT2D eigenvalue weighted by atomic mass is 127. The zero-order valence-corrected chi connectivity index (χ0v) is 20.3. The van der Waals surface area contributed by atoms with Gasteiger partial charge in [-0.05, 0) is 24.1 Å². The molecule has 1 aromatic heterocycles. The van der Waals surface area contributed by atoms with E-state index in [4.69, 9.17) is 14.1 Å². The smallest absolute Gasteiger partial charge is 0.289 e. The van der Waals surface area contributed by atoms with Crippen LogP contribution >= 0.6 is 24.0 Å². The second kappa shape index (κ2) is 13.0. The number of furan rings is 1. The molecule has 1 amide bonds. The third-order valence-electron chi connectivity index (χ3n) is 4.97. The largest absolute Gasteiger partial charge is 0.459 e. The van der Waals surface area contributed by atoms with E-state index in [1.165, 1.54) is 18.4 Å². The molecule has 0 atom stereocenters. The van der Waals surface area contributed by atoms with Gasteiger partial charge < -0.3 is 24.3 Å². The highest BCUT2D eigenvalue weighted by molar-refractivity contribution is 14.0. The van der Waals surface area contributed by atoms with Crippen LogP contribution in [-0.4, -0.2) is 73.0 Å². The number of nitro benzene ring substituents is 1. The molecule has 174 valence electrons. The van der Waals surface area contributed by atoms with Crippen molar-refractivity contribution in [3.63, 3.8) is 0 Å². The summed E-state index contributed by atoms with van der Waals surface area (Å²) in [6, 6.07) is 9.76. The number of nitro groups is 1. The van der Waals surface area contributed by atoms with Crippen molar-refractivity contribution in [1.82, 2.24) is 15.1 Å². The minimum Gasteiger partial charge on any atom is -0.459 e. The maximum Gasteiger partial charge on any atom is 0.289 e. The average molecular weight is 557 g/mol. The van der Waals surface area contributed by atoms with Crippen LogP contribution in [0, 0.1) is 10.1 Å². The number of nitrogens with one attached hydrogen (secondary N) is 1. The zero-order valence-electron chi connectivity index (χ0n) is 17.9. The Bertz CT molecular complexity index is 880. The summed E-state index contributed by atoms with van der Waals surface area (Å²) < 4.78 is 10.3. The molecule has 1 fully saturated rings. The Morgan fingerprint density at radius 2 is 1.88 bits per heavy atom. The predicted octanol–water partition coefficient (Wildman–Crippen LogP) is 2.75. The van der Waals surface area contributed by atoms with E-state index in [0.717, 1.165) is 17.9 Å². The number of halogens is 1. The van der Waals surface area contributed by atoms with E-state index >= 15 is 0 Å². The Morgan fingerprint density at radius 3 is 2.47 bits per heavy atom. The van der Waals surface area contributed by atoms with Crippen molar-refractivity contribution in [1.29, 1.82) is 0 Å². The van der Waals surface area contributed by atoms with Crippen molar-refractivity contribution < 1.29 is 18.9 Å². The number of benzene rings is 1. The van der Waals surface area contributed by atoms with Crippen molar-refractivity contribution in [2.45, 2.75) is 13.0 Å². The molecule has 0 saturated carbocycles. The van der Waals surface area contributed by atoms with Crippen LogP contribution in [0.5, 0.6) is 0 Å². The molecule has 11 heteroatoms. The van der Waals surface area contributed by atoms with Gasteiger partial charge in [-0.1, -0.05) is 12.1 Å². The van der Waals surface area contributed by atoms with E-state index in [1.807, 2.05) is 0 Å². The average Bonchev–Trinajstić information content (AvgIpc) is 3.33. The molecule has 0 radical (unpaired) electrons. The van der Waals surface area contributed by atoms with Crippen LogP contribution in [0.2, 0.25) is 0 Å². The summed E-state index contributed by atoms with van der Waals surface area (Å²) in [6.07, 6.45) is 2.33. The molecule has 0 bridgehead atoms. The quantitative estimate of drug-likeness (QED) is 0.133. The first kappa shape index (κ1) is 25.6. The summed E-state index contributed by atoms with van der Waals surface area (Å²) in [6.45, 7) is 4.17. The van der Waals surface area contributed by atoms with Crippen molar-refractivity contribution in [3.05, 3.63) is 64.1 Å². The summed E-state index contributed by atoms with van der Waals surface area (Å²) in [7, 11) is 1.67. The Morgan fingerprint density at radius 1 is 1.19 bits per heavy atom. The molecule has 3 rings (SSSR count). The Labute approximate surface area is 203 Å². The molecule has 1 aliphatic rings. The van der Waals surface area contributed by atoms with Crippen LogP contribution in [0.1, 0.15) is 22.5 Å². The number of piperazine rings is 1. The Kier molecular flexibility index (Phi) is 10.4. The molecule has 0 spiro atoms. The second-order valence-electron chi connectivity index (χ2n) is 7.09. The molecule has 2 aromatic rings. The maximum atomic E-state index is 12.5. The fourth-order valence-corrected chi connectivity index (χ4v) is 3.25. The molecule has 1 aromatic carbocycles. The summed E-state index contributed by atoms with van der Waals surface area (Å²) in [5.74, 6) is 0.986. The van der Waals surface area contributed by atoms with Gasteiger partial charge in [0.25, 0.3) is 11.6 Å². The number of hydrogen-bond acceptors (Lipinski definition) is 6. The Hall–Kier alpha value is -2.67. The van der Waals surface area contributed by atoms with Crippen molar-refractivity contribution >= 4 is 41.5 Å². The highest BCUT2D eigenvalue weighted by Crippen LogP contribution is 2.13. The summed E-state index contributed by atoms with van der Waals surface area (Å²) in [5.41, 5.74) is 0.941. The number of ether oxygens (including phenoxy) is 1. The molecular formula is C21H28IN5O5. The number of hydrogen-bond donors (Lipinski definition) is 1. The number of non-ortho nitro benzene ring substituents is 1. The number of carbonyl (C=O) groups excluding carboxylic acids is 1. The first-order chi connectivity index (χ1) is 15.1. The lowest BCUT2D eigenvalue weighted by atomic mass is 10.2. The van der Waals surface area contributed by atoms with Gasteiger partial charge in [0.05, 0.1) is 17.7 Å². The molecule has 1 aliphatic heterocycles. The standard InChI is InChI=1S/C21H27N5O5.HI/c1-30-14-3-9-22-21(23-16-17-5-7-18(8-6-17)26(28)29)25-12-10-24(11-13-25)20(27)19-4-2-15-31-19;/h2,4-8,15H,3,9-14,16H2,1H3,(H,22,23);1H. The molecule has 2 heterocycles.